The lowest BCUT2D eigenvalue weighted by Gasteiger charge is -2.02. The van der Waals surface area contributed by atoms with Crippen LogP contribution in [0.2, 0.25) is 10.0 Å². The van der Waals surface area contributed by atoms with E-state index in [0.717, 1.165) is 17.0 Å². The van der Waals surface area contributed by atoms with Crippen molar-refractivity contribution in [3.63, 3.8) is 0 Å². The predicted octanol–water partition coefficient (Wildman–Crippen LogP) is 4.90. The molecule has 2 heterocycles. The molecule has 0 radical (unpaired) electrons. The van der Waals surface area contributed by atoms with Crippen molar-refractivity contribution in [1.29, 1.82) is 0 Å². The first-order valence-corrected chi connectivity index (χ1v) is 9.97. The summed E-state index contributed by atoms with van der Waals surface area (Å²) < 4.78 is 5.67. The van der Waals surface area contributed by atoms with Gasteiger partial charge in [-0.15, -0.1) is 0 Å². The molecule has 0 spiro atoms. The number of hydrogen-bond donors (Lipinski definition) is 1. The van der Waals surface area contributed by atoms with Crippen molar-refractivity contribution in [2.45, 2.75) is 19.0 Å². The average Bonchev–Trinajstić information content (AvgIpc) is 3.10. The largest absolute Gasteiger partial charge is 0.455 e. The standard InChI is InChI=1S/C19H16Cl2N4O2S/c1-11-7-12(2)24-19(23-11)28-10-18(26)25-22-9-14-4-6-17(27-14)13-3-5-15(20)16(21)8-13/h3-9H,10H2,1-2H3,(H,25,26)/b22-9+. The third-order valence-electron chi connectivity index (χ3n) is 3.51. The van der Waals surface area contributed by atoms with E-state index in [1.165, 1.54) is 18.0 Å². The van der Waals surface area contributed by atoms with Gasteiger partial charge in [0.25, 0.3) is 5.91 Å². The highest BCUT2D eigenvalue weighted by Gasteiger charge is 2.07. The molecule has 0 saturated heterocycles. The first kappa shape index (κ1) is 20.4. The molecule has 9 heteroatoms. The minimum atomic E-state index is -0.264. The maximum absolute atomic E-state index is 11.9. The second-order valence-corrected chi connectivity index (χ2v) is 7.60. The minimum absolute atomic E-state index is 0.160. The normalized spacial score (nSPS) is 11.1. The highest BCUT2D eigenvalue weighted by atomic mass is 35.5. The Labute approximate surface area is 176 Å². The lowest BCUT2D eigenvalue weighted by atomic mass is 10.2. The van der Waals surface area contributed by atoms with E-state index in [2.05, 4.69) is 20.5 Å². The van der Waals surface area contributed by atoms with Gasteiger partial charge in [0.15, 0.2) is 5.16 Å². The van der Waals surface area contributed by atoms with Crippen LogP contribution >= 0.6 is 35.0 Å². The summed E-state index contributed by atoms with van der Waals surface area (Å²) in [6, 6.07) is 10.6. The van der Waals surface area contributed by atoms with Crippen LogP contribution in [0.3, 0.4) is 0 Å². The van der Waals surface area contributed by atoms with Crippen molar-refractivity contribution in [3.05, 3.63) is 63.6 Å². The number of hydrazone groups is 1. The zero-order chi connectivity index (χ0) is 20.1. The molecule has 0 unspecified atom stereocenters. The van der Waals surface area contributed by atoms with E-state index in [1.54, 1.807) is 24.3 Å². The summed E-state index contributed by atoms with van der Waals surface area (Å²) in [7, 11) is 0. The van der Waals surface area contributed by atoms with Crippen molar-refractivity contribution < 1.29 is 9.21 Å². The number of rotatable bonds is 6. The van der Waals surface area contributed by atoms with Crippen LogP contribution in [0.4, 0.5) is 0 Å². The number of benzene rings is 1. The molecule has 3 aromatic rings. The Balaban J connectivity index is 1.53. The molecule has 1 aromatic carbocycles. The summed E-state index contributed by atoms with van der Waals surface area (Å²) in [5.74, 6) is 1.01. The Morgan fingerprint density at radius 1 is 1.14 bits per heavy atom. The Bertz CT molecular complexity index is 1020. The Hall–Kier alpha value is -2.35. The van der Waals surface area contributed by atoms with Crippen molar-refractivity contribution in [3.8, 4) is 11.3 Å². The molecule has 1 amide bonds. The number of carbonyl (C=O) groups is 1. The van der Waals surface area contributed by atoms with Crippen molar-refractivity contribution in [2.24, 2.45) is 5.10 Å². The fraction of sp³-hybridized carbons (Fsp3) is 0.158. The zero-order valence-corrected chi connectivity index (χ0v) is 17.4. The fourth-order valence-corrected chi connectivity index (χ4v) is 3.36. The van der Waals surface area contributed by atoms with Crippen molar-refractivity contribution >= 4 is 47.1 Å². The van der Waals surface area contributed by atoms with Crippen LogP contribution in [0, 0.1) is 13.8 Å². The molecule has 0 aliphatic carbocycles. The quantitative estimate of drug-likeness (QED) is 0.258. The summed E-state index contributed by atoms with van der Waals surface area (Å²) in [4.78, 5) is 20.5. The van der Waals surface area contributed by atoms with Crippen LogP contribution in [0.5, 0.6) is 0 Å². The lowest BCUT2D eigenvalue weighted by Crippen LogP contribution is -2.19. The summed E-state index contributed by atoms with van der Waals surface area (Å²) in [6.45, 7) is 3.78. The molecule has 0 aliphatic heterocycles. The highest BCUT2D eigenvalue weighted by molar-refractivity contribution is 7.99. The van der Waals surface area contributed by atoms with Gasteiger partial charge in [-0.1, -0.05) is 35.0 Å². The molecule has 0 atom stereocenters. The third kappa shape index (κ3) is 5.58. The third-order valence-corrected chi connectivity index (χ3v) is 5.09. The van der Waals surface area contributed by atoms with E-state index >= 15 is 0 Å². The number of amides is 1. The highest BCUT2D eigenvalue weighted by Crippen LogP contribution is 2.29. The van der Waals surface area contributed by atoms with Gasteiger partial charge in [-0.25, -0.2) is 15.4 Å². The van der Waals surface area contributed by atoms with Gasteiger partial charge < -0.3 is 4.42 Å². The number of carbonyl (C=O) groups excluding carboxylic acids is 1. The molecule has 6 nitrogen and oxygen atoms in total. The summed E-state index contributed by atoms with van der Waals surface area (Å²) in [5, 5.41) is 5.40. The fourth-order valence-electron chi connectivity index (χ4n) is 2.32. The van der Waals surface area contributed by atoms with Gasteiger partial charge in [-0.3, -0.25) is 4.79 Å². The van der Waals surface area contributed by atoms with E-state index in [4.69, 9.17) is 27.6 Å². The van der Waals surface area contributed by atoms with Gasteiger partial charge in [0.1, 0.15) is 11.5 Å². The van der Waals surface area contributed by atoms with Crippen LogP contribution in [0.1, 0.15) is 17.1 Å². The summed E-state index contributed by atoms with van der Waals surface area (Å²) >= 11 is 13.2. The van der Waals surface area contributed by atoms with Crippen molar-refractivity contribution in [1.82, 2.24) is 15.4 Å². The first-order chi connectivity index (χ1) is 13.4. The Morgan fingerprint density at radius 2 is 1.89 bits per heavy atom. The number of nitrogens with zero attached hydrogens (tertiary/aromatic N) is 3. The Morgan fingerprint density at radius 3 is 2.61 bits per heavy atom. The topological polar surface area (TPSA) is 80.4 Å². The second kappa shape index (κ2) is 9.23. The number of furan rings is 1. The maximum atomic E-state index is 11.9. The van der Waals surface area contributed by atoms with Crippen LogP contribution in [0.25, 0.3) is 11.3 Å². The van der Waals surface area contributed by atoms with E-state index < -0.39 is 0 Å². The maximum Gasteiger partial charge on any atom is 0.250 e. The average molecular weight is 435 g/mol. The zero-order valence-electron chi connectivity index (χ0n) is 15.1. The monoisotopic (exact) mass is 434 g/mol. The van der Waals surface area contributed by atoms with Crippen LogP contribution in [0.15, 0.2) is 51.1 Å². The molecular weight excluding hydrogens is 419 g/mol. The molecule has 0 fully saturated rings. The number of nitrogens with one attached hydrogen (secondary N) is 1. The van der Waals surface area contributed by atoms with E-state index in [9.17, 15) is 4.79 Å². The number of thioether (sulfide) groups is 1. The molecule has 2 aromatic heterocycles. The van der Waals surface area contributed by atoms with Gasteiger partial charge in [0.2, 0.25) is 0 Å². The molecule has 0 aliphatic rings. The molecule has 0 bridgehead atoms. The number of halogens is 2. The molecule has 0 saturated carbocycles. The molecule has 28 heavy (non-hydrogen) atoms. The minimum Gasteiger partial charge on any atom is -0.455 e. The van der Waals surface area contributed by atoms with Gasteiger partial charge in [0, 0.05) is 17.0 Å². The SMILES string of the molecule is Cc1cc(C)nc(SCC(=O)N/N=C/c2ccc(-c3ccc(Cl)c(Cl)c3)o2)n1. The molecule has 3 rings (SSSR count). The Kier molecular flexibility index (Phi) is 6.72. The van der Waals surface area contributed by atoms with Crippen LogP contribution < -0.4 is 5.43 Å². The molecule has 1 N–H and O–H groups in total. The number of aryl methyl sites for hydroxylation is 2. The summed E-state index contributed by atoms with van der Waals surface area (Å²) in [5.41, 5.74) is 4.98. The van der Waals surface area contributed by atoms with Gasteiger partial charge >= 0.3 is 0 Å². The summed E-state index contributed by atoms with van der Waals surface area (Å²) in [6.07, 6.45) is 1.43. The van der Waals surface area contributed by atoms with Crippen LogP contribution in [-0.4, -0.2) is 27.8 Å². The van der Waals surface area contributed by atoms with E-state index in [1.807, 2.05) is 26.0 Å². The van der Waals surface area contributed by atoms with E-state index in [-0.39, 0.29) is 11.7 Å². The molecule has 144 valence electrons. The lowest BCUT2D eigenvalue weighted by molar-refractivity contribution is -0.118. The number of aromatic nitrogens is 2. The van der Waals surface area contributed by atoms with Crippen molar-refractivity contribution in [2.75, 3.05) is 5.75 Å². The van der Waals surface area contributed by atoms with Gasteiger partial charge in [-0.05, 0) is 50.2 Å². The number of hydrogen-bond acceptors (Lipinski definition) is 6. The smallest absolute Gasteiger partial charge is 0.250 e. The second-order valence-electron chi connectivity index (χ2n) is 5.85. The molecular formula is C19H16Cl2N4O2S. The predicted molar refractivity (Wildman–Crippen MR) is 112 cm³/mol. The van der Waals surface area contributed by atoms with Gasteiger partial charge in [0.05, 0.1) is 22.0 Å². The van der Waals surface area contributed by atoms with Gasteiger partial charge in [-0.2, -0.15) is 5.10 Å². The van der Waals surface area contributed by atoms with E-state index in [0.29, 0.717) is 26.7 Å². The van der Waals surface area contributed by atoms with Crippen LogP contribution in [-0.2, 0) is 4.79 Å². The first-order valence-electron chi connectivity index (χ1n) is 8.23.